The number of ether oxygens (including phenoxy) is 2. The second kappa shape index (κ2) is 9.24. The largest absolute Gasteiger partial charge is 0.469 e. The fourth-order valence-corrected chi connectivity index (χ4v) is 4.37. The summed E-state index contributed by atoms with van der Waals surface area (Å²) in [5.41, 5.74) is 1.91. The monoisotopic (exact) mass is 487 g/mol. The van der Waals surface area contributed by atoms with Crippen LogP contribution in [0.5, 0.6) is 0 Å². The number of hydrogen-bond acceptors (Lipinski definition) is 6. The van der Waals surface area contributed by atoms with E-state index in [1.807, 2.05) is 55.5 Å². The number of halogens is 1. The number of hydrogen-bond donors (Lipinski definition) is 2. The molecule has 0 amide bonds. The minimum absolute atomic E-state index is 0.0537. The van der Waals surface area contributed by atoms with E-state index >= 15 is 0 Å². The van der Waals surface area contributed by atoms with Crippen molar-refractivity contribution in [2.24, 2.45) is 5.92 Å². The van der Waals surface area contributed by atoms with Crippen LogP contribution < -0.4 is 5.32 Å². The minimum Gasteiger partial charge on any atom is -0.469 e. The molecule has 0 radical (unpaired) electrons. The van der Waals surface area contributed by atoms with E-state index in [1.54, 1.807) is 6.92 Å². The Kier molecular flexibility index (Phi) is 6.86. The van der Waals surface area contributed by atoms with Gasteiger partial charge in [0.25, 0.3) is 0 Å². The Balaban J connectivity index is 2.23. The van der Waals surface area contributed by atoms with E-state index in [9.17, 15) is 14.7 Å². The molecule has 0 saturated heterocycles. The second-order valence-electron chi connectivity index (χ2n) is 7.94. The summed E-state index contributed by atoms with van der Waals surface area (Å²) in [6, 6.07) is 15.0. The Morgan fingerprint density at radius 2 is 1.68 bits per heavy atom. The van der Waals surface area contributed by atoms with Gasteiger partial charge in [0.15, 0.2) is 0 Å². The van der Waals surface area contributed by atoms with Gasteiger partial charge >= 0.3 is 11.9 Å². The van der Waals surface area contributed by atoms with Crippen molar-refractivity contribution in [2.45, 2.75) is 31.8 Å². The number of methoxy groups -OCH3 is 2. The van der Waals surface area contributed by atoms with Crippen molar-refractivity contribution in [3.63, 3.8) is 0 Å². The van der Waals surface area contributed by atoms with Crippen LogP contribution in [0.2, 0.25) is 0 Å². The normalized spacial score (nSPS) is 23.3. The van der Waals surface area contributed by atoms with Gasteiger partial charge in [-0.05, 0) is 43.7 Å². The number of carbonyl (C=O) groups is 2. The van der Waals surface area contributed by atoms with E-state index in [4.69, 9.17) is 9.47 Å². The second-order valence-corrected chi connectivity index (χ2v) is 8.85. The summed E-state index contributed by atoms with van der Waals surface area (Å²) in [5, 5.41) is 14.6. The van der Waals surface area contributed by atoms with E-state index < -0.39 is 29.4 Å². The molecule has 0 saturated carbocycles. The topological polar surface area (TPSA) is 84.9 Å². The van der Waals surface area contributed by atoms with Gasteiger partial charge in [-0.3, -0.25) is 4.79 Å². The summed E-state index contributed by atoms with van der Waals surface area (Å²) in [7, 11) is 2.58. The third-order valence-electron chi connectivity index (χ3n) is 5.61. The van der Waals surface area contributed by atoms with Crippen LogP contribution in [0.1, 0.15) is 30.4 Å². The fraction of sp³-hybridized carbons (Fsp3) is 0.333. The van der Waals surface area contributed by atoms with Crippen LogP contribution in [0.15, 0.2) is 64.3 Å². The van der Waals surface area contributed by atoms with Gasteiger partial charge in [-0.2, -0.15) is 0 Å². The summed E-state index contributed by atoms with van der Waals surface area (Å²) >= 11 is 3.41. The molecule has 2 aromatic rings. The number of aryl methyl sites for hydroxylation is 1. The number of nitrogens with one attached hydrogen (secondary N) is 1. The molecule has 0 heterocycles. The minimum atomic E-state index is -1.46. The maximum absolute atomic E-state index is 13.0. The van der Waals surface area contributed by atoms with Gasteiger partial charge in [-0.25, -0.2) is 4.79 Å². The molecule has 7 heteroatoms. The van der Waals surface area contributed by atoms with Crippen molar-refractivity contribution in [3.8, 4) is 0 Å². The van der Waals surface area contributed by atoms with Crippen LogP contribution in [0.4, 0.5) is 5.69 Å². The number of esters is 2. The number of benzene rings is 2. The maximum atomic E-state index is 13.0. The van der Waals surface area contributed by atoms with Gasteiger partial charge in [0.2, 0.25) is 0 Å². The van der Waals surface area contributed by atoms with Crippen LogP contribution in [0.3, 0.4) is 0 Å². The number of aliphatic hydroxyl groups is 1. The highest BCUT2D eigenvalue weighted by Crippen LogP contribution is 2.48. The van der Waals surface area contributed by atoms with Gasteiger partial charge in [-0.1, -0.05) is 45.8 Å². The van der Waals surface area contributed by atoms with E-state index in [0.29, 0.717) is 16.8 Å². The molecule has 3 rings (SSSR count). The first-order chi connectivity index (χ1) is 14.7. The van der Waals surface area contributed by atoms with Crippen molar-refractivity contribution in [2.75, 3.05) is 19.5 Å². The SMILES string of the molecule is COC(=O)C1=C(Nc2ccc(C)cc2)C[C@](C)(O)[C@@H](C(=O)OC)[C@H]1c1ccc(Br)cc1. The Hall–Kier alpha value is -2.64. The van der Waals surface area contributed by atoms with E-state index in [2.05, 4.69) is 21.2 Å². The third kappa shape index (κ3) is 4.83. The van der Waals surface area contributed by atoms with Crippen molar-refractivity contribution in [1.82, 2.24) is 0 Å². The van der Waals surface area contributed by atoms with Crippen molar-refractivity contribution in [1.29, 1.82) is 0 Å². The van der Waals surface area contributed by atoms with Crippen LogP contribution in [0.25, 0.3) is 0 Å². The molecule has 0 aromatic heterocycles. The molecule has 0 fully saturated rings. The first-order valence-electron chi connectivity index (χ1n) is 9.88. The molecule has 31 heavy (non-hydrogen) atoms. The summed E-state index contributed by atoms with van der Waals surface area (Å²) in [4.78, 5) is 25.8. The van der Waals surface area contributed by atoms with Gasteiger partial charge < -0.3 is 19.9 Å². The van der Waals surface area contributed by atoms with E-state index in [-0.39, 0.29) is 6.42 Å². The Labute approximate surface area is 190 Å². The standard InChI is InChI=1S/C24H26BrNO5/c1-14-5-11-17(12-6-14)26-18-13-24(2,29)21(23(28)31-4)19(20(18)22(27)30-3)15-7-9-16(25)10-8-15/h5-12,19,21,26,29H,13H2,1-4H3/t19-,21+,24-/m0/s1. The average molecular weight is 488 g/mol. The summed E-state index contributed by atoms with van der Waals surface area (Å²) in [6.45, 7) is 3.57. The molecule has 0 bridgehead atoms. The first-order valence-corrected chi connectivity index (χ1v) is 10.7. The molecule has 3 atom stereocenters. The number of rotatable bonds is 5. The van der Waals surface area contributed by atoms with Crippen molar-refractivity contribution < 1.29 is 24.2 Å². The van der Waals surface area contributed by atoms with Crippen LogP contribution in [-0.4, -0.2) is 36.9 Å². The Bertz CT molecular complexity index is 996. The lowest BCUT2D eigenvalue weighted by molar-refractivity contribution is -0.157. The molecule has 2 aromatic carbocycles. The zero-order chi connectivity index (χ0) is 22.8. The smallest absolute Gasteiger partial charge is 0.336 e. The quantitative estimate of drug-likeness (QED) is 0.610. The number of carbonyl (C=O) groups excluding carboxylic acids is 2. The van der Waals surface area contributed by atoms with Gasteiger partial charge in [0, 0.05) is 28.2 Å². The molecule has 2 N–H and O–H groups in total. The van der Waals surface area contributed by atoms with Crippen molar-refractivity contribution in [3.05, 3.63) is 75.4 Å². The lowest BCUT2D eigenvalue weighted by Crippen LogP contribution is -2.49. The molecule has 0 spiro atoms. The highest BCUT2D eigenvalue weighted by molar-refractivity contribution is 9.10. The molecule has 0 unspecified atom stereocenters. The first kappa shape index (κ1) is 23.0. The maximum Gasteiger partial charge on any atom is 0.336 e. The lowest BCUT2D eigenvalue weighted by atomic mass is 9.66. The van der Waals surface area contributed by atoms with Gasteiger partial charge in [-0.15, -0.1) is 0 Å². The Morgan fingerprint density at radius 3 is 2.23 bits per heavy atom. The Morgan fingerprint density at radius 1 is 1.06 bits per heavy atom. The van der Waals surface area contributed by atoms with Crippen LogP contribution in [-0.2, 0) is 19.1 Å². The zero-order valence-corrected chi connectivity index (χ0v) is 19.5. The molecule has 0 aliphatic heterocycles. The van der Waals surface area contributed by atoms with Gasteiger partial charge in [0.1, 0.15) is 0 Å². The van der Waals surface area contributed by atoms with Crippen molar-refractivity contribution >= 4 is 33.6 Å². The third-order valence-corrected chi connectivity index (χ3v) is 6.14. The zero-order valence-electron chi connectivity index (χ0n) is 17.9. The average Bonchev–Trinajstić information content (AvgIpc) is 2.74. The molecule has 164 valence electrons. The molecular weight excluding hydrogens is 462 g/mol. The van der Waals surface area contributed by atoms with Crippen LogP contribution >= 0.6 is 15.9 Å². The summed E-state index contributed by atoms with van der Waals surface area (Å²) in [6.07, 6.45) is 0.0537. The molecule has 1 aliphatic rings. The van der Waals surface area contributed by atoms with Gasteiger partial charge in [0.05, 0.1) is 31.3 Å². The van der Waals surface area contributed by atoms with Crippen LogP contribution in [0, 0.1) is 12.8 Å². The predicted molar refractivity (Wildman–Crippen MR) is 121 cm³/mol. The number of anilines is 1. The molecule has 6 nitrogen and oxygen atoms in total. The molecular formula is C24H26BrNO5. The lowest BCUT2D eigenvalue weighted by Gasteiger charge is -2.42. The molecule has 1 aliphatic carbocycles. The summed E-state index contributed by atoms with van der Waals surface area (Å²) in [5.74, 6) is -2.90. The highest BCUT2D eigenvalue weighted by atomic mass is 79.9. The fourth-order valence-electron chi connectivity index (χ4n) is 4.11. The van der Waals surface area contributed by atoms with E-state index in [0.717, 1.165) is 15.7 Å². The predicted octanol–water partition coefficient (Wildman–Crippen LogP) is 4.32. The highest BCUT2D eigenvalue weighted by Gasteiger charge is 2.52. The van der Waals surface area contributed by atoms with E-state index in [1.165, 1.54) is 14.2 Å². The summed E-state index contributed by atoms with van der Waals surface area (Å²) < 4.78 is 11.0.